The van der Waals surface area contributed by atoms with E-state index < -0.39 is 5.97 Å². The fraction of sp³-hybridized carbons (Fsp3) is 0.235. The first kappa shape index (κ1) is 15.8. The van der Waals surface area contributed by atoms with Crippen LogP contribution in [0.4, 0.5) is 0 Å². The summed E-state index contributed by atoms with van der Waals surface area (Å²) in [6.07, 6.45) is 0. The number of hydrogen-bond donors (Lipinski definition) is 0. The number of nitrogens with zero attached hydrogens (tertiary/aromatic N) is 3. The van der Waals surface area contributed by atoms with E-state index in [0.717, 1.165) is 5.75 Å². The van der Waals surface area contributed by atoms with E-state index in [9.17, 15) is 4.79 Å². The SMILES string of the molecule is COC(=O)c1ccc2nnn(OCCOc3ccc(C)cc3)c2c1. The number of methoxy groups -OCH3 is 1. The van der Waals surface area contributed by atoms with Gasteiger partial charge in [0.2, 0.25) is 0 Å². The van der Waals surface area contributed by atoms with Crippen molar-refractivity contribution < 1.29 is 19.1 Å². The van der Waals surface area contributed by atoms with Gasteiger partial charge in [-0.05, 0) is 42.5 Å². The molecule has 0 spiro atoms. The third-order valence-electron chi connectivity index (χ3n) is 3.42. The first-order valence-electron chi connectivity index (χ1n) is 7.44. The van der Waals surface area contributed by atoms with E-state index in [1.165, 1.54) is 17.5 Å². The van der Waals surface area contributed by atoms with Gasteiger partial charge in [-0.3, -0.25) is 0 Å². The van der Waals surface area contributed by atoms with Crippen molar-refractivity contribution in [3.63, 3.8) is 0 Å². The molecule has 0 N–H and O–H groups in total. The third-order valence-corrected chi connectivity index (χ3v) is 3.42. The number of benzene rings is 2. The molecule has 0 saturated heterocycles. The van der Waals surface area contributed by atoms with Crippen LogP contribution in [0, 0.1) is 6.92 Å². The minimum Gasteiger partial charge on any atom is -0.490 e. The molecule has 24 heavy (non-hydrogen) atoms. The van der Waals surface area contributed by atoms with Crippen LogP contribution in [-0.4, -0.2) is 41.5 Å². The van der Waals surface area contributed by atoms with Gasteiger partial charge < -0.3 is 14.3 Å². The lowest BCUT2D eigenvalue weighted by Gasteiger charge is -2.08. The van der Waals surface area contributed by atoms with Gasteiger partial charge in [-0.1, -0.05) is 22.5 Å². The fourth-order valence-electron chi connectivity index (χ4n) is 2.16. The van der Waals surface area contributed by atoms with Crippen LogP contribution < -0.4 is 9.57 Å². The molecular weight excluding hydrogens is 310 g/mol. The van der Waals surface area contributed by atoms with Crippen molar-refractivity contribution in [2.24, 2.45) is 0 Å². The summed E-state index contributed by atoms with van der Waals surface area (Å²) in [6, 6.07) is 12.7. The van der Waals surface area contributed by atoms with Crippen molar-refractivity contribution in [1.82, 2.24) is 15.2 Å². The van der Waals surface area contributed by atoms with Gasteiger partial charge in [-0.15, -0.1) is 5.10 Å². The van der Waals surface area contributed by atoms with Crippen LogP contribution in [-0.2, 0) is 4.74 Å². The molecule has 0 fully saturated rings. The first-order chi connectivity index (χ1) is 11.7. The van der Waals surface area contributed by atoms with Crippen molar-refractivity contribution in [2.75, 3.05) is 20.3 Å². The van der Waals surface area contributed by atoms with Gasteiger partial charge in [0.05, 0.1) is 12.7 Å². The molecule has 124 valence electrons. The number of ether oxygens (including phenoxy) is 2. The summed E-state index contributed by atoms with van der Waals surface area (Å²) in [4.78, 5) is 18.4. The molecule has 0 saturated carbocycles. The molecule has 0 unspecified atom stereocenters. The molecule has 1 aromatic heterocycles. The molecule has 7 heteroatoms. The van der Waals surface area contributed by atoms with E-state index in [-0.39, 0.29) is 6.61 Å². The Bertz CT molecular complexity index is 843. The predicted molar refractivity (Wildman–Crippen MR) is 87.0 cm³/mol. The normalized spacial score (nSPS) is 10.6. The molecule has 0 aliphatic rings. The minimum absolute atomic E-state index is 0.286. The summed E-state index contributed by atoms with van der Waals surface area (Å²) in [6.45, 7) is 2.67. The van der Waals surface area contributed by atoms with E-state index >= 15 is 0 Å². The molecule has 7 nitrogen and oxygen atoms in total. The van der Waals surface area contributed by atoms with Gasteiger partial charge in [-0.25, -0.2) is 4.79 Å². The standard InChI is InChI=1S/C17H17N3O4/c1-12-3-6-14(7-4-12)23-9-10-24-20-16-11-13(17(21)22-2)5-8-15(16)18-19-20/h3-8,11H,9-10H2,1-2H3. The minimum atomic E-state index is -0.424. The molecule has 0 aliphatic carbocycles. The summed E-state index contributed by atoms with van der Waals surface area (Å²) in [5, 5.41) is 7.90. The molecule has 3 rings (SSSR count). The Hall–Kier alpha value is -3.09. The van der Waals surface area contributed by atoms with E-state index in [0.29, 0.717) is 23.2 Å². The Kier molecular flexibility index (Phi) is 4.60. The van der Waals surface area contributed by atoms with E-state index in [4.69, 9.17) is 14.3 Å². The molecule has 2 aromatic carbocycles. The summed E-state index contributed by atoms with van der Waals surface area (Å²) >= 11 is 0. The van der Waals surface area contributed by atoms with E-state index in [2.05, 4.69) is 10.3 Å². The lowest BCUT2D eigenvalue weighted by atomic mass is 10.2. The zero-order valence-corrected chi connectivity index (χ0v) is 13.4. The average Bonchev–Trinajstić information content (AvgIpc) is 3.02. The number of esters is 1. The van der Waals surface area contributed by atoms with Crippen LogP contribution in [0.5, 0.6) is 5.75 Å². The quantitative estimate of drug-likeness (QED) is 0.509. The maximum Gasteiger partial charge on any atom is 0.337 e. The third kappa shape index (κ3) is 3.45. The lowest BCUT2D eigenvalue weighted by Crippen LogP contribution is -2.19. The Morgan fingerprint density at radius 1 is 1.12 bits per heavy atom. The smallest absolute Gasteiger partial charge is 0.337 e. The Balaban J connectivity index is 1.62. The monoisotopic (exact) mass is 327 g/mol. The van der Waals surface area contributed by atoms with Gasteiger partial charge in [0, 0.05) is 0 Å². The molecule has 3 aromatic rings. The maximum atomic E-state index is 11.6. The second-order valence-corrected chi connectivity index (χ2v) is 5.15. The summed E-state index contributed by atoms with van der Waals surface area (Å²) in [5.74, 6) is 0.355. The average molecular weight is 327 g/mol. The Labute approximate surface area is 138 Å². The number of hydrogen-bond acceptors (Lipinski definition) is 6. The second kappa shape index (κ2) is 6.99. The zero-order chi connectivity index (χ0) is 16.9. The molecule has 0 aliphatic heterocycles. The van der Waals surface area contributed by atoms with Crippen molar-refractivity contribution in [3.8, 4) is 5.75 Å². The van der Waals surface area contributed by atoms with Gasteiger partial charge in [0.15, 0.2) is 6.61 Å². The first-order valence-corrected chi connectivity index (χ1v) is 7.44. The van der Waals surface area contributed by atoms with Crippen molar-refractivity contribution in [2.45, 2.75) is 6.92 Å². The number of carbonyl (C=O) groups is 1. The largest absolute Gasteiger partial charge is 0.490 e. The Morgan fingerprint density at radius 3 is 2.67 bits per heavy atom. The van der Waals surface area contributed by atoms with Crippen LogP contribution >= 0.6 is 0 Å². The predicted octanol–water partition coefficient (Wildman–Crippen LogP) is 2.03. The van der Waals surface area contributed by atoms with Crippen molar-refractivity contribution in [1.29, 1.82) is 0 Å². The molecule has 0 atom stereocenters. The molecule has 0 amide bonds. The summed E-state index contributed by atoms with van der Waals surface area (Å²) in [5.41, 5.74) is 2.80. The molecule has 0 radical (unpaired) electrons. The number of aryl methyl sites for hydroxylation is 1. The van der Waals surface area contributed by atoms with Crippen LogP contribution in [0.3, 0.4) is 0 Å². The fourth-order valence-corrected chi connectivity index (χ4v) is 2.16. The topological polar surface area (TPSA) is 75.5 Å². The van der Waals surface area contributed by atoms with Crippen LogP contribution in [0.15, 0.2) is 42.5 Å². The van der Waals surface area contributed by atoms with Gasteiger partial charge in [0.1, 0.15) is 23.4 Å². The highest BCUT2D eigenvalue weighted by Crippen LogP contribution is 2.14. The van der Waals surface area contributed by atoms with Crippen LogP contribution in [0.2, 0.25) is 0 Å². The maximum absolute atomic E-state index is 11.6. The number of fused-ring (bicyclic) bond motifs is 1. The van der Waals surface area contributed by atoms with Crippen LogP contribution in [0.1, 0.15) is 15.9 Å². The Morgan fingerprint density at radius 2 is 1.92 bits per heavy atom. The lowest BCUT2D eigenvalue weighted by molar-refractivity contribution is 0.0598. The number of rotatable bonds is 6. The summed E-state index contributed by atoms with van der Waals surface area (Å²) in [7, 11) is 1.33. The van der Waals surface area contributed by atoms with Crippen molar-refractivity contribution >= 4 is 17.0 Å². The van der Waals surface area contributed by atoms with Gasteiger partial charge in [-0.2, -0.15) is 0 Å². The molecule has 1 heterocycles. The number of carbonyl (C=O) groups excluding carboxylic acids is 1. The highest BCUT2D eigenvalue weighted by atomic mass is 16.7. The molecule has 0 bridgehead atoms. The molecular formula is C17H17N3O4. The highest BCUT2D eigenvalue weighted by Gasteiger charge is 2.11. The van der Waals surface area contributed by atoms with Crippen LogP contribution in [0.25, 0.3) is 11.0 Å². The van der Waals surface area contributed by atoms with Gasteiger partial charge >= 0.3 is 5.97 Å². The zero-order valence-electron chi connectivity index (χ0n) is 13.4. The van der Waals surface area contributed by atoms with Gasteiger partial charge in [0.25, 0.3) is 0 Å². The van der Waals surface area contributed by atoms with Crippen molar-refractivity contribution in [3.05, 3.63) is 53.6 Å². The highest BCUT2D eigenvalue weighted by molar-refractivity contribution is 5.93. The second-order valence-electron chi connectivity index (χ2n) is 5.15. The van der Waals surface area contributed by atoms with E-state index in [1.807, 2.05) is 31.2 Å². The summed E-state index contributed by atoms with van der Waals surface area (Å²) < 4.78 is 10.3. The van der Waals surface area contributed by atoms with E-state index in [1.54, 1.807) is 18.2 Å². The number of aromatic nitrogens is 3.